The van der Waals surface area contributed by atoms with Crippen molar-refractivity contribution < 1.29 is 9.59 Å². The van der Waals surface area contributed by atoms with E-state index in [4.69, 9.17) is 23.2 Å². The summed E-state index contributed by atoms with van der Waals surface area (Å²) in [5.41, 5.74) is 1.96. The largest absolute Gasteiger partial charge is 0.326 e. The molecule has 0 bridgehead atoms. The molecule has 0 aliphatic carbocycles. The molecule has 2 aliphatic rings. The number of benzene rings is 2. The Morgan fingerprint density at radius 3 is 2.73 bits per heavy atom. The summed E-state index contributed by atoms with van der Waals surface area (Å²) >= 11 is 12.7. The SMILES string of the molecule is O=C(Nc1ccc(Cl)c(-c2nnc3n2CCCCC3)c1)C1CC(=O)N(c2ccccc2Cl)C1. The molecule has 7 nitrogen and oxygen atoms in total. The molecule has 2 amide bonds. The van der Waals surface area contributed by atoms with Crippen LogP contribution in [0.25, 0.3) is 11.4 Å². The number of amides is 2. The number of fused-ring (bicyclic) bond motifs is 1. The summed E-state index contributed by atoms with van der Waals surface area (Å²) < 4.78 is 2.12. The molecule has 0 saturated carbocycles. The van der Waals surface area contributed by atoms with Crippen molar-refractivity contribution >= 4 is 46.4 Å². The summed E-state index contributed by atoms with van der Waals surface area (Å²) in [5, 5.41) is 12.7. The second kappa shape index (κ2) is 9.15. The molecule has 1 unspecified atom stereocenters. The van der Waals surface area contributed by atoms with E-state index >= 15 is 0 Å². The molecule has 3 aromatic rings. The monoisotopic (exact) mass is 483 g/mol. The number of carbonyl (C=O) groups is 2. The van der Waals surface area contributed by atoms with Gasteiger partial charge >= 0.3 is 0 Å². The lowest BCUT2D eigenvalue weighted by Gasteiger charge is -2.18. The second-order valence-corrected chi connectivity index (χ2v) is 9.26. The molecule has 1 aromatic heterocycles. The maximum absolute atomic E-state index is 13.0. The summed E-state index contributed by atoms with van der Waals surface area (Å²) in [5.74, 6) is 0.876. The van der Waals surface area contributed by atoms with Gasteiger partial charge in [-0.1, -0.05) is 41.8 Å². The molecule has 1 atom stereocenters. The average Bonchev–Trinajstić information content (AvgIpc) is 3.31. The molecule has 9 heteroatoms. The Hall–Kier alpha value is -2.90. The Morgan fingerprint density at radius 1 is 1.03 bits per heavy atom. The number of rotatable bonds is 4. The van der Waals surface area contributed by atoms with Crippen LogP contribution in [0, 0.1) is 5.92 Å². The fourth-order valence-electron chi connectivity index (χ4n) is 4.49. The summed E-state index contributed by atoms with van der Waals surface area (Å²) in [6.45, 7) is 1.14. The van der Waals surface area contributed by atoms with Crippen LogP contribution in [0.4, 0.5) is 11.4 Å². The number of aryl methyl sites for hydroxylation is 1. The first-order chi connectivity index (χ1) is 16.0. The summed E-state index contributed by atoms with van der Waals surface area (Å²) in [6, 6.07) is 12.5. The molecule has 5 rings (SSSR count). The maximum atomic E-state index is 13.0. The van der Waals surface area contributed by atoms with Crippen LogP contribution in [-0.2, 0) is 22.6 Å². The van der Waals surface area contributed by atoms with Crippen molar-refractivity contribution in [2.75, 3.05) is 16.8 Å². The summed E-state index contributed by atoms with van der Waals surface area (Å²) in [6.07, 6.45) is 4.38. The molecule has 2 aromatic carbocycles. The van der Waals surface area contributed by atoms with Crippen LogP contribution < -0.4 is 10.2 Å². The topological polar surface area (TPSA) is 80.1 Å². The number of anilines is 2. The summed E-state index contributed by atoms with van der Waals surface area (Å²) in [4.78, 5) is 27.1. The van der Waals surface area contributed by atoms with Crippen LogP contribution in [0.5, 0.6) is 0 Å². The standard InChI is InChI=1S/C24H23Cl2N5O2/c25-18-10-9-16(13-17(18)23-29-28-21-8-2-1-5-11-30(21)23)27-24(33)15-12-22(32)31(14-15)20-7-4-3-6-19(20)26/h3-4,6-7,9-10,13,15H,1-2,5,8,11-12,14H2,(H,27,33). The number of carbonyl (C=O) groups excluding carboxylic acids is 2. The maximum Gasteiger partial charge on any atom is 0.229 e. The van der Waals surface area contributed by atoms with Gasteiger partial charge in [0.2, 0.25) is 11.8 Å². The van der Waals surface area contributed by atoms with Crippen molar-refractivity contribution in [1.29, 1.82) is 0 Å². The highest BCUT2D eigenvalue weighted by Crippen LogP contribution is 2.33. The van der Waals surface area contributed by atoms with Gasteiger partial charge < -0.3 is 14.8 Å². The van der Waals surface area contributed by atoms with Crippen LogP contribution >= 0.6 is 23.2 Å². The molecular formula is C24H23Cl2N5O2. The number of halogens is 2. The predicted octanol–water partition coefficient (Wildman–Crippen LogP) is 4.97. The molecular weight excluding hydrogens is 461 g/mol. The number of para-hydroxylation sites is 1. The first kappa shape index (κ1) is 21.9. The van der Waals surface area contributed by atoms with Gasteiger partial charge in [0.1, 0.15) is 5.82 Å². The van der Waals surface area contributed by atoms with Gasteiger partial charge in [-0.2, -0.15) is 0 Å². The van der Waals surface area contributed by atoms with Gasteiger partial charge in [-0.15, -0.1) is 10.2 Å². The van der Waals surface area contributed by atoms with Gasteiger partial charge in [0.05, 0.1) is 21.7 Å². The minimum absolute atomic E-state index is 0.119. The van der Waals surface area contributed by atoms with E-state index in [1.165, 1.54) is 0 Å². The first-order valence-electron chi connectivity index (χ1n) is 11.1. The fourth-order valence-corrected chi connectivity index (χ4v) is 4.93. The fraction of sp³-hybridized carbons (Fsp3) is 0.333. The summed E-state index contributed by atoms with van der Waals surface area (Å²) in [7, 11) is 0. The number of hydrogen-bond acceptors (Lipinski definition) is 4. The van der Waals surface area contributed by atoms with Crippen molar-refractivity contribution in [2.24, 2.45) is 5.92 Å². The average molecular weight is 484 g/mol. The Morgan fingerprint density at radius 2 is 1.88 bits per heavy atom. The third-order valence-corrected chi connectivity index (χ3v) is 6.87. The zero-order chi connectivity index (χ0) is 22.9. The van der Waals surface area contributed by atoms with Crippen LogP contribution in [0.1, 0.15) is 31.5 Å². The van der Waals surface area contributed by atoms with E-state index in [1.54, 1.807) is 29.2 Å². The minimum atomic E-state index is -0.475. The first-order valence-corrected chi connectivity index (χ1v) is 11.8. The van der Waals surface area contributed by atoms with E-state index in [-0.39, 0.29) is 24.8 Å². The Kier molecular flexibility index (Phi) is 6.08. The van der Waals surface area contributed by atoms with Crippen LogP contribution in [0.15, 0.2) is 42.5 Å². The Balaban J connectivity index is 1.35. The van der Waals surface area contributed by atoms with E-state index in [1.807, 2.05) is 18.2 Å². The zero-order valence-electron chi connectivity index (χ0n) is 17.9. The number of nitrogens with one attached hydrogen (secondary N) is 1. The van der Waals surface area contributed by atoms with Crippen LogP contribution in [0.3, 0.4) is 0 Å². The van der Waals surface area contributed by atoms with E-state index in [0.29, 0.717) is 27.2 Å². The third kappa shape index (κ3) is 4.35. The molecule has 0 radical (unpaired) electrons. The molecule has 3 heterocycles. The van der Waals surface area contributed by atoms with Crippen molar-refractivity contribution in [3.63, 3.8) is 0 Å². The zero-order valence-corrected chi connectivity index (χ0v) is 19.4. The minimum Gasteiger partial charge on any atom is -0.326 e. The molecule has 2 aliphatic heterocycles. The third-order valence-electron chi connectivity index (χ3n) is 6.22. The lowest BCUT2D eigenvalue weighted by molar-refractivity contribution is -0.122. The van der Waals surface area contributed by atoms with Crippen LogP contribution in [0.2, 0.25) is 10.0 Å². The highest BCUT2D eigenvalue weighted by molar-refractivity contribution is 6.34. The van der Waals surface area contributed by atoms with E-state index < -0.39 is 5.92 Å². The molecule has 0 spiro atoms. The molecule has 1 saturated heterocycles. The Labute approximate surface area is 201 Å². The smallest absolute Gasteiger partial charge is 0.229 e. The van der Waals surface area contributed by atoms with Gasteiger partial charge in [0.25, 0.3) is 0 Å². The van der Waals surface area contributed by atoms with Gasteiger partial charge in [-0.05, 0) is 43.2 Å². The number of nitrogens with zero attached hydrogens (tertiary/aromatic N) is 4. The van der Waals surface area contributed by atoms with Gasteiger partial charge in [0.15, 0.2) is 5.82 Å². The molecule has 170 valence electrons. The van der Waals surface area contributed by atoms with E-state index in [9.17, 15) is 9.59 Å². The van der Waals surface area contributed by atoms with Crippen molar-refractivity contribution in [2.45, 2.75) is 38.6 Å². The lowest BCUT2D eigenvalue weighted by atomic mass is 10.1. The molecule has 1 N–H and O–H groups in total. The second-order valence-electron chi connectivity index (χ2n) is 8.44. The van der Waals surface area contributed by atoms with Gasteiger partial charge in [-0.25, -0.2) is 0 Å². The predicted molar refractivity (Wildman–Crippen MR) is 129 cm³/mol. The molecule has 1 fully saturated rings. The number of aromatic nitrogens is 3. The lowest BCUT2D eigenvalue weighted by Crippen LogP contribution is -2.28. The van der Waals surface area contributed by atoms with E-state index in [2.05, 4.69) is 20.1 Å². The molecule has 33 heavy (non-hydrogen) atoms. The van der Waals surface area contributed by atoms with Crippen molar-refractivity contribution in [3.05, 3.63) is 58.3 Å². The van der Waals surface area contributed by atoms with Gasteiger partial charge in [-0.3, -0.25) is 9.59 Å². The van der Waals surface area contributed by atoms with E-state index in [0.717, 1.165) is 43.6 Å². The van der Waals surface area contributed by atoms with Crippen molar-refractivity contribution in [1.82, 2.24) is 14.8 Å². The van der Waals surface area contributed by atoms with Crippen molar-refractivity contribution in [3.8, 4) is 11.4 Å². The quantitative estimate of drug-likeness (QED) is 0.567. The number of hydrogen-bond donors (Lipinski definition) is 1. The highest BCUT2D eigenvalue weighted by Gasteiger charge is 2.36. The van der Waals surface area contributed by atoms with Crippen LogP contribution in [-0.4, -0.2) is 33.1 Å². The normalized spacial score (nSPS) is 18.2. The Bertz CT molecular complexity index is 1230. The highest BCUT2D eigenvalue weighted by atomic mass is 35.5. The van der Waals surface area contributed by atoms with Gasteiger partial charge in [0, 0.05) is 37.2 Å².